The number of nitrogens with one attached hydrogen (secondary N) is 2. The highest BCUT2D eigenvalue weighted by Gasteiger charge is 2.35. The van der Waals surface area contributed by atoms with Crippen molar-refractivity contribution in [2.75, 3.05) is 58.7 Å². The lowest BCUT2D eigenvalue weighted by Crippen LogP contribution is -2.57. The summed E-state index contributed by atoms with van der Waals surface area (Å²) in [6.07, 6.45) is 3.68. The molecular weight excluding hydrogens is 549 g/mol. The number of likely N-dealkylation sites (tertiary alicyclic amines) is 2. The number of rotatable bonds is 10. The maximum absolute atomic E-state index is 13.4. The van der Waals surface area contributed by atoms with Crippen molar-refractivity contribution < 1.29 is 23.6 Å². The number of benzene rings is 2. The molecule has 10 heteroatoms. The molecule has 0 aromatic heterocycles. The predicted molar refractivity (Wildman–Crippen MR) is 165 cm³/mol. The number of hydrogen-bond acceptors (Lipinski definition) is 6. The zero-order valence-electron chi connectivity index (χ0n) is 25.7. The fourth-order valence-corrected chi connectivity index (χ4v) is 6.22. The minimum absolute atomic E-state index is 0.0199. The van der Waals surface area contributed by atoms with Crippen molar-refractivity contribution >= 4 is 29.2 Å². The van der Waals surface area contributed by atoms with Gasteiger partial charge in [0.1, 0.15) is 5.82 Å². The van der Waals surface area contributed by atoms with E-state index in [1.165, 1.54) is 32.0 Å². The van der Waals surface area contributed by atoms with E-state index < -0.39 is 6.03 Å². The summed E-state index contributed by atoms with van der Waals surface area (Å²) in [4.78, 5) is 56.4. The van der Waals surface area contributed by atoms with Gasteiger partial charge in [0.25, 0.3) is 0 Å². The third kappa shape index (κ3) is 9.43. The standard InChI is InChI=1S/C33H44FN5O4/c1-22(40)26-15-27(23(2)41)17-30(16-26)35-33(43)36-31-11-13-39(32(42)21-37(3)4)20-28(31)19-38-12-5-6-25(18-38)14-24-7-9-29(34)10-8-24/h7-10,15-17,25,28,31H,5-6,11-14,18-21H2,1-4H3,(H2,35,36,43)/t25?,28-,31-/m1/s1. The molecule has 0 spiro atoms. The van der Waals surface area contributed by atoms with Gasteiger partial charge in [-0.1, -0.05) is 12.1 Å². The Morgan fingerprint density at radius 1 is 0.930 bits per heavy atom. The van der Waals surface area contributed by atoms with E-state index in [0.717, 1.165) is 44.5 Å². The maximum Gasteiger partial charge on any atom is 0.319 e. The van der Waals surface area contributed by atoms with E-state index in [4.69, 9.17) is 0 Å². The van der Waals surface area contributed by atoms with Crippen molar-refractivity contribution in [3.8, 4) is 0 Å². The molecule has 2 saturated heterocycles. The second-order valence-corrected chi connectivity index (χ2v) is 12.3. The Hall–Kier alpha value is -3.63. The fourth-order valence-electron chi connectivity index (χ4n) is 6.22. The van der Waals surface area contributed by atoms with Gasteiger partial charge in [0.15, 0.2) is 11.6 Å². The van der Waals surface area contributed by atoms with Gasteiger partial charge in [0, 0.05) is 55.0 Å². The van der Waals surface area contributed by atoms with Crippen molar-refractivity contribution in [2.45, 2.75) is 45.6 Å². The smallest absolute Gasteiger partial charge is 0.319 e. The SMILES string of the molecule is CC(=O)c1cc(NC(=O)N[C@@H]2CCN(C(=O)CN(C)C)C[C@H]2CN2CCCC(Cc3ccc(F)cc3)C2)cc(C(C)=O)c1. The first kappa shape index (κ1) is 32.3. The third-order valence-electron chi connectivity index (χ3n) is 8.39. The zero-order valence-corrected chi connectivity index (χ0v) is 25.7. The molecule has 2 heterocycles. The highest BCUT2D eigenvalue weighted by molar-refractivity contribution is 6.02. The normalized spacial score (nSPS) is 21.0. The maximum atomic E-state index is 13.4. The van der Waals surface area contributed by atoms with Crippen LogP contribution in [0.2, 0.25) is 0 Å². The third-order valence-corrected chi connectivity index (χ3v) is 8.39. The second-order valence-electron chi connectivity index (χ2n) is 12.3. The molecule has 0 aliphatic carbocycles. The molecule has 2 aliphatic heterocycles. The predicted octanol–water partition coefficient (Wildman–Crippen LogP) is 4.09. The summed E-state index contributed by atoms with van der Waals surface area (Å²) in [7, 11) is 3.75. The van der Waals surface area contributed by atoms with E-state index in [2.05, 4.69) is 15.5 Å². The average Bonchev–Trinajstić information content (AvgIpc) is 2.94. The molecule has 0 radical (unpaired) electrons. The lowest BCUT2D eigenvalue weighted by molar-refractivity contribution is -0.134. The van der Waals surface area contributed by atoms with E-state index in [9.17, 15) is 23.6 Å². The molecular formula is C33H44FN5O4. The van der Waals surface area contributed by atoms with Crippen molar-refractivity contribution in [2.24, 2.45) is 11.8 Å². The molecule has 9 nitrogen and oxygen atoms in total. The lowest BCUT2D eigenvalue weighted by Gasteiger charge is -2.43. The number of Topliss-reactive ketones (excluding diaryl/α,β-unsaturated/α-hetero) is 2. The van der Waals surface area contributed by atoms with Crippen LogP contribution < -0.4 is 10.6 Å². The Morgan fingerprint density at radius 2 is 1.60 bits per heavy atom. The average molecular weight is 594 g/mol. The molecule has 0 bridgehead atoms. The number of carbonyl (C=O) groups excluding carboxylic acids is 4. The van der Waals surface area contributed by atoms with Crippen LogP contribution in [-0.2, 0) is 11.2 Å². The number of hydrogen-bond donors (Lipinski definition) is 2. The van der Waals surface area contributed by atoms with E-state index >= 15 is 0 Å². The number of urea groups is 1. The Labute approximate surface area is 253 Å². The van der Waals surface area contributed by atoms with E-state index in [-0.39, 0.29) is 35.3 Å². The van der Waals surface area contributed by atoms with Crippen LogP contribution in [0, 0.1) is 17.7 Å². The largest absolute Gasteiger partial charge is 0.341 e. The number of nitrogens with zero attached hydrogens (tertiary/aromatic N) is 3. The van der Waals surface area contributed by atoms with Crippen LogP contribution in [0.25, 0.3) is 0 Å². The monoisotopic (exact) mass is 593 g/mol. The topological polar surface area (TPSA) is 102 Å². The van der Waals surface area contributed by atoms with Gasteiger partial charge < -0.3 is 25.3 Å². The quantitative estimate of drug-likeness (QED) is 0.403. The Bertz CT molecular complexity index is 1280. The Morgan fingerprint density at radius 3 is 2.23 bits per heavy atom. The van der Waals surface area contributed by atoms with Crippen molar-refractivity contribution in [3.63, 3.8) is 0 Å². The van der Waals surface area contributed by atoms with Gasteiger partial charge in [-0.25, -0.2) is 9.18 Å². The summed E-state index contributed by atoms with van der Waals surface area (Å²) < 4.78 is 13.4. The van der Waals surface area contributed by atoms with Crippen LogP contribution in [0.4, 0.5) is 14.9 Å². The molecule has 0 saturated carbocycles. The van der Waals surface area contributed by atoms with Crippen LogP contribution in [0.5, 0.6) is 0 Å². The van der Waals surface area contributed by atoms with Crippen LogP contribution >= 0.6 is 0 Å². The molecule has 2 N–H and O–H groups in total. The fraction of sp³-hybridized carbons (Fsp3) is 0.515. The highest BCUT2D eigenvalue weighted by Crippen LogP contribution is 2.25. The van der Waals surface area contributed by atoms with Gasteiger partial charge in [0.05, 0.1) is 6.54 Å². The van der Waals surface area contributed by atoms with E-state index in [1.807, 2.05) is 36.0 Å². The van der Waals surface area contributed by atoms with Crippen LogP contribution in [-0.4, -0.2) is 97.6 Å². The van der Waals surface area contributed by atoms with Gasteiger partial charge in [0.2, 0.25) is 5.91 Å². The number of piperidine rings is 2. The van der Waals surface area contributed by atoms with Crippen LogP contribution in [0.15, 0.2) is 42.5 Å². The summed E-state index contributed by atoms with van der Waals surface area (Å²) >= 11 is 0. The molecule has 43 heavy (non-hydrogen) atoms. The van der Waals surface area contributed by atoms with E-state index in [0.29, 0.717) is 48.8 Å². The molecule has 2 aromatic carbocycles. The van der Waals surface area contributed by atoms with Gasteiger partial charge in [-0.2, -0.15) is 0 Å². The number of halogens is 1. The van der Waals surface area contributed by atoms with Gasteiger partial charge in [-0.05, 0) is 102 Å². The molecule has 2 aromatic rings. The number of likely N-dealkylation sites (N-methyl/N-ethyl adjacent to an activating group) is 1. The number of amides is 3. The number of ketones is 2. The zero-order chi connectivity index (χ0) is 31.1. The van der Waals surface area contributed by atoms with Crippen LogP contribution in [0.3, 0.4) is 0 Å². The molecule has 4 rings (SSSR count). The second kappa shape index (κ2) is 14.7. The Balaban J connectivity index is 1.45. The first-order valence-corrected chi connectivity index (χ1v) is 15.1. The summed E-state index contributed by atoms with van der Waals surface area (Å²) in [5.41, 5.74) is 2.22. The summed E-state index contributed by atoms with van der Waals surface area (Å²) in [6, 6.07) is 10.8. The molecule has 2 fully saturated rings. The number of carbonyl (C=O) groups is 4. The summed E-state index contributed by atoms with van der Waals surface area (Å²) in [5, 5.41) is 5.95. The molecule has 3 amide bonds. The van der Waals surface area contributed by atoms with Crippen molar-refractivity contribution in [1.82, 2.24) is 20.0 Å². The molecule has 1 unspecified atom stereocenters. The Kier molecular flexibility index (Phi) is 11.0. The number of anilines is 1. The van der Waals surface area contributed by atoms with Crippen LogP contribution in [0.1, 0.15) is 59.4 Å². The van der Waals surface area contributed by atoms with Gasteiger partial charge in [-0.15, -0.1) is 0 Å². The van der Waals surface area contributed by atoms with Crippen molar-refractivity contribution in [1.29, 1.82) is 0 Å². The minimum Gasteiger partial charge on any atom is -0.341 e. The van der Waals surface area contributed by atoms with Gasteiger partial charge >= 0.3 is 6.03 Å². The first-order chi connectivity index (χ1) is 20.5. The van der Waals surface area contributed by atoms with Gasteiger partial charge in [-0.3, -0.25) is 14.4 Å². The van der Waals surface area contributed by atoms with E-state index in [1.54, 1.807) is 12.1 Å². The lowest BCUT2D eigenvalue weighted by atomic mass is 9.88. The summed E-state index contributed by atoms with van der Waals surface area (Å²) in [5.74, 6) is -0.0718. The highest BCUT2D eigenvalue weighted by atomic mass is 19.1. The summed E-state index contributed by atoms with van der Waals surface area (Å²) in [6.45, 7) is 6.87. The first-order valence-electron chi connectivity index (χ1n) is 15.1. The molecule has 3 atom stereocenters. The minimum atomic E-state index is -0.411. The molecule has 2 aliphatic rings. The van der Waals surface area contributed by atoms with Crippen molar-refractivity contribution in [3.05, 3.63) is 65.0 Å². The molecule has 232 valence electrons.